The predicted octanol–water partition coefficient (Wildman–Crippen LogP) is 0.532. The van der Waals surface area contributed by atoms with Crippen LogP contribution in [0.4, 0.5) is 4.79 Å². The number of ketones is 1. The molecule has 0 aromatic carbocycles. The maximum atomic E-state index is 14.0. The van der Waals surface area contributed by atoms with Crippen LogP contribution in [0.15, 0.2) is 0 Å². The fourth-order valence-corrected chi connectivity index (χ4v) is 6.91. The number of carboxylic acid groups (broad SMARTS) is 1. The lowest BCUT2D eigenvalue weighted by molar-refractivity contribution is -0.144. The van der Waals surface area contributed by atoms with Crippen LogP contribution >= 0.6 is 0 Å². The minimum atomic E-state index is -1.20. The molecule has 4 fully saturated rings. The van der Waals surface area contributed by atoms with Gasteiger partial charge < -0.3 is 31.7 Å². The van der Waals surface area contributed by atoms with E-state index in [-0.39, 0.29) is 35.0 Å². The number of carbonyl (C=O) groups is 6. The molecule has 1 aliphatic heterocycles. The molecular weight excluding hydrogens is 506 g/mol. The molecule has 4 aliphatic rings. The first-order chi connectivity index (χ1) is 18.4. The van der Waals surface area contributed by atoms with Crippen molar-refractivity contribution in [2.24, 2.45) is 34.8 Å². The molecular formula is C27H41N5O7. The number of fused-ring (bicyclic) bond motifs is 1. The highest BCUT2D eigenvalue weighted by molar-refractivity contribution is 6.37. The highest BCUT2D eigenvalue weighted by Gasteiger charge is 2.69. The molecule has 1 heterocycles. The van der Waals surface area contributed by atoms with E-state index in [1.165, 1.54) is 4.90 Å². The Hall–Kier alpha value is -3.18. The van der Waals surface area contributed by atoms with Gasteiger partial charge in [0.05, 0.1) is 6.04 Å². The highest BCUT2D eigenvalue weighted by Crippen LogP contribution is 2.65. The number of nitrogens with one attached hydrogen (secondary N) is 3. The topological polar surface area (TPSA) is 188 Å². The van der Waals surface area contributed by atoms with E-state index in [4.69, 9.17) is 10.8 Å². The third-order valence-corrected chi connectivity index (χ3v) is 9.50. The summed E-state index contributed by atoms with van der Waals surface area (Å²) in [5.74, 6) is -3.96. The zero-order valence-electron chi connectivity index (χ0n) is 22.7. The minimum Gasteiger partial charge on any atom is -0.480 e. The molecule has 216 valence electrons. The van der Waals surface area contributed by atoms with Crippen LogP contribution in [0.25, 0.3) is 0 Å². The number of urea groups is 1. The van der Waals surface area contributed by atoms with E-state index < -0.39 is 54.3 Å². The van der Waals surface area contributed by atoms with Crippen molar-refractivity contribution in [3.8, 4) is 0 Å². The summed E-state index contributed by atoms with van der Waals surface area (Å²) in [6.45, 7) is 3.84. The number of aliphatic carboxylic acids is 1. The van der Waals surface area contributed by atoms with Gasteiger partial charge in [-0.2, -0.15) is 0 Å². The molecule has 5 amide bonds. The molecule has 0 radical (unpaired) electrons. The summed E-state index contributed by atoms with van der Waals surface area (Å²) in [4.78, 5) is 77.0. The average molecular weight is 548 g/mol. The van der Waals surface area contributed by atoms with Gasteiger partial charge in [-0.15, -0.1) is 0 Å². The molecule has 0 aromatic heterocycles. The molecule has 3 saturated carbocycles. The van der Waals surface area contributed by atoms with Gasteiger partial charge in [-0.05, 0) is 48.3 Å². The summed E-state index contributed by atoms with van der Waals surface area (Å²) in [6.07, 6.45) is 7.53. The number of carboxylic acids is 1. The van der Waals surface area contributed by atoms with E-state index in [0.717, 1.165) is 51.4 Å². The van der Waals surface area contributed by atoms with E-state index in [1.807, 2.05) is 13.8 Å². The summed E-state index contributed by atoms with van der Waals surface area (Å²) >= 11 is 0. The van der Waals surface area contributed by atoms with Gasteiger partial charge in [-0.1, -0.05) is 52.4 Å². The Labute approximate surface area is 228 Å². The number of nitrogens with two attached hydrogens (primary N) is 1. The largest absolute Gasteiger partial charge is 0.480 e. The van der Waals surface area contributed by atoms with Crippen molar-refractivity contribution in [3.05, 3.63) is 0 Å². The molecule has 0 spiro atoms. The van der Waals surface area contributed by atoms with E-state index in [1.54, 1.807) is 0 Å². The van der Waals surface area contributed by atoms with Crippen LogP contribution in [0.3, 0.4) is 0 Å². The van der Waals surface area contributed by atoms with Crippen LogP contribution in [0.2, 0.25) is 0 Å². The normalized spacial score (nSPS) is 27.3. The van der Waals surface area contributed by atoms with Gasteiger partial charge in [0.15, 0.2) is 0 Å². The summed E-state index contributed by atoms with van der Waals surface area (Å²) < 4.78 is 0. The molecule has 12 nitrogen and oxygen atoms in total. The van der Waals surface area contributed by atoms with Gasteiger partial charge >= 0.3 is 12.0 Å². The Morgan fingerprint density at radius 3 is 2.21 bits per heavy atom. The van der Waals surface area contributed by atoms with Gasteiger partial charge in [0.1, 0.15) is 18.6 Å². The lowest BCUT2D eigenvalue weighted by atomic mass is 9.80. The van der Waals surface area contributed by atoms with E-state index in [9.17, 15) is 28.8 Å². The summed E-state index contributed by atoms with van der Waals surface area (Å²) in [5.41, 5.74) is 5.10. The molecule has 1 saturated heterocycles. The number of rotatable bonds is 11. The van der Waals surface area contributed by atoms with Crippen molar-refractivity contribution in [2.45, 2.75) is 89.8 Å². The van der Waals surface area contributed by atoms with Gasteiger partial charge in [-0.25, -0.2) is 4.79 Å². The lowest BCUT2D eigenvalue weighted by Crippen LogP contribution is -2.60. The van der Waals surface area contributed by atoms with Crippen molar-refractivity contribution in [2.75, 3.05) is 13.1 Å². The number of Topliss-reactive ketones (excluding diaryl/α,β-unsaturated/α-hetero) is 1. The first-order valence-corrected chi connectivity index (χ1v) is 14.1. The molecule has 1 unspecified atom stereocenters. The minimum absolute atomic E-state index is 0.0852. The second kappa shape index (κ2) is 11.5. The number of primary amides is 1. The lowest BCUT2D eigenvalue weighted by Gasteiger charge is -2.37. The molecule has 39 heavy (non-hydrogen) atoms. The second-order valence-corrected chi connectivity index (χ2v) is 12.3. The first kappa shape index (κ1) is 28.8. The number of hydrogen-bond donors (Lipinski definition) is 5. The Bertz CT molecular complexity index is 1020. The Morgan fingerprint density at radius 2 is 1.64 bits per heavy atom. The molecule has 12 heteroatoms. The van der Waals surface area contributed by atoms with Gasteiger partial charge in [-0.3, -0.25) is 24.0 Å². The molecule has 5 atom stereocenters. The van der Waals surface area contributed by atoms with Crippen LogP contribution in [-0.2, 0) is 24.0 Å². The average Bonchev–Trinajstić information content (AvgIpc) is 3.19. The maximum absolute atomic E-state index is 14.0. The molecule has 3 aliphatic carbocycles. The predicted molar refractivity (Wildman–Crippen MR) is 139 cm³/mol. The molecule has 4 rings (SSSR count). The number of nitrogens with zero attached hydrogens (tertiary/aromatic N) is 1. The van der Waals surface area contributed by atoms with E-state index >= 15 is 0 Å². The number of piperidine rings is 1. The highest BCUT2D eigenvalue weighted by atomic mass is 16.4. The third kappa shape index (κ3) is 6.19. The van der Waals surface area contributed by atoms with Crippen LogP contribution in [0.1, 0.15) is 71.6 Å². The number of likely N-dealkylation sites (tertiary alicyclic amines) is 1. The Morgan fingerprint density at radius 1 is 0.974 bits per heavy atom. The molecule has 0 aromatic rings. The SMILES string of the molecule is CC1(C)[C@@H]2[C@@H](C(=O)NC(CC3CCC3)C(=O)C(N)=O)N(C(=O)[C@@H](NC(=O)NCC(=O)O)C3CCCCC3)C[C@@H]21. The van der Waals surface area contributed by atoms with Crippen molar-refractivity contribution in [3.63, 3.8) is 0 Å². The third-order valence-electron chi connectivity index (χ3n) is 9.50. The zero-order valence-corrected chi connectivity index (χ0v) is 22.7. The fraction of sp³-hybridized carbons (Fsp3) is 0.778. The quantitative estimate of drug-likeness (QED) is 0.233. The van der Waals surface area contributed by atoms with E-state index in [0.29, 0.717) is 13.0 Å². The van der Waals surface area contributed by atoms with Crippen LogP contribution in [-0.4, -0.2) is 76.7 Å². The van der Waals surface area contributed by atoms with Gasteiger partial charge in [0, 0.05) is 6.54 Å². The van der Waals surface area contributed by atoms with Crippen molar-refractivity contribution in [1.82, 2.24) is 20.9 Å². The molecule has 0 bridgehead atoms. The summed E-state index contributed by atoms with van der Waals surface area (Å²) in [5, 5.41) is 16.6. The zero-order chi connectivity index (χ0) is 28.5. The number of amides is 5. The van der Waals surface area contributed by atoms with Crippen molar-refractivity contribution < 1.29 is 33.9 Å². The van der Waals surface area contributed by atoms with Crippen molar-refractivity contribution >= 4 is 35.5 Å². The summed E-state index contributed by atoms with van der Waals surface area (Å²) in [7, 11) is 0. The number of hydrogen-bond acceptors (Lipinski definition) is 6. The molecule has 6 N–H and O–H groups in total. The van der Waals surface area contributed by atoms with Crippen LogP contribution in [0, 0.1) is 29.1 Å². The maximum Gasteiger partial charge on any atom is 0.323 e. The Balaban J connectivity index is 1.54. The van der Waals surface area contributed by atoms with Gasteiger partial charge in [0.25, 0.3) is 5.91 Å². The number of carbonyl (C=O) groups excluding carboxylic acids is 5. The smallest absolute Gasteiger partial charge is 0.323 e. The fourth-order valence-electron chi connectivity index (χ4n) is 6.91. The van der Waals surface area contributed by atoms with E-state index in [2.05, 4.69) is 16.0 Å². The first-order valence-electron chi connectivity index (χ1n) is 14.1. The van der Waals surface area contributed by atoms with Crippen LogP contribution in [0.5, 0.6) is 0 Å². The standard InChI is InChI=1S/C27H41N5O7/c1-27(2)16-13-32(25(38)20(15-9-4-3-5-10-15)31-26(39)29-12-18(33)34)21(19(16)27)24(37)30-17(22(35)23(28)36)11-14-7-6-8-14/h14-17,19-21H,3-13H2,1-2H3,(H2,28,36)(H,30,37)(H,33,34)(H2,29,31,39)/t16-,17?,19-,20-,21-/m0/s1. The monoisotopic (exact) mass is 547 g/mol. The van der Waals surface area contributed by atoms with Crippen molar-refractivity contribution in [1.29, 1.82) is 0 Å². The summed E-state index contributed by atoms with van der Waals surface area (Å²) in [6, 6.07) is -3.54. The van der Waals surface area contributed by atoms with Crippen LogP contribution < -0.4 is 21.7 Å². The van der Waals surface area contributed by atoms with Gasteiger partial charge in [0.2, 0.25) is 17.6 Å². The second-order valence-electron chi connectivity index (χ2n) is 12.3. The Kier molecular flexibility index (Phi) is 8.51.